The van der Waals surface area contributed by atoms with Gasteiger partial charge < -0.3 is 14.2 Å². The number of hydrogen-bond donors (Lipinski definition) is 0. The third-order valence-corrected chi connectivity index (χ3v) is 5.25. The molecule has 0 N–H and O–H groups in total. The van der Waals surface area contributed by atoms with E-state index in [2.05, 4.69) is 0 Å². The normalized spacial score (nSPS) is 10.4. The third kappa shape index (κ3) is 3.67. The predicted molar refractivity (Wildman–Crippen MR) is 106 cm³/mol. The van der Waals surface area contributed by atoms with Crippen LogP contribution in [0, 0.1) is 10.1 Å². The van der Waals surface area contributed by atoms with E-state index >= 15 is 0 Å². The average Bonchev–Trinajstić information content (AvgIpc) is 3.22. The van der Waals surface area contributed by atoms with Gasteiger partial charge >= 0.3 is 0 Å². The lowest BCUT2D eigenvalue weighted by Crippen LogP contribution is -2.02. The lowest BCUT2D eigenvalue weighted by atomic mass is 10.1. The molecule has 1 heterocycles. The van der Waals surface area contributed by atoms with Crippen molar-refractivity contribution in [1.82, 2.24) is 0 Å². The number of carbonyl (C=O) groups excluding carboxylic acids is 1. The first-order valence-electron chi connectivity index (χ1n) is 8.17. The number of non-ortho nitro benzene ring substituents is 1. The molecule has 0 aliphatic rings. The van der Waals surface area contributed by atoms with E-state index in [-0.39, 0.29) is 11.5 Å². The third-order valence-electron chi connectivity index (χ3n) is 4.12. The number of nitrogens with zero attached hydrogens (tertiary/aromatic N) is 1. The van der Waals surface area contributed by atoms with Gasteiger partial charge in [0, 0.05) is 22.6 Å². The minimum Gasteiger partial charge on any atom is -0.493 e. The molecule has 3 rings (SSSR count). The molecule has 0 saturated carbocycles. The van der Waals surface area contributed by atoms with Crippen molar-refractivity contribution in [2.45, 2.75) is 0 Å². The molecule has 144 valence electrons. The van der Waals surface area contributed by atoms with Crippen LogP contribution in [0.2, 0.25) is 0 Å². The molecular weight excluding hydrogens is 382 g/mol. The van der Waals surface area contributed by atoms with Gasteiger partial charge in [-0.3, -0.25) is 14.9 Å². The summed E-state index contributed by atoms with van der Waals surface area (Å²) in [5.74, 6) is 1.03. The molecule has 8 heteroatoms. The van der Waals surface area contributed by atoms with Crippen molar-refractivity contribution < 1.29 is 23.9 Å². The highest BCUT2D eigenvalue weighted by molar-refractivity contribution is 7.17. The molecule has 0 unspecified atom stereocenters. The molecule has 0 aliphatic carbocycles. The smallest absolute Gasteiger partial charge is 0.269 e. The number of hydrogen-bond acceptors (Lipinski definition) is 7. The van der Waals surface area contributed by atoms with Crippen LogP contribution >= 0.6 is 11.3 Å². The fourth-order valence-corrected chi connectivity index (χ4v) is 3.69. The summed E-state index contributed by atoms with van der Waals surface area (Å²) in [6.07, 6.45) is 0. The van der Waals surface area contributed by atoms with Crippen molar-refractivity contribution in [3.05, 3.63) is 69.1 Å². The van der Waals surface area contributed by atoms with E-state index < -0.39 is 4.92 Å². The number of ketones is 1. The standard InChI is InChI=1S/C20H17NO6S/c1-25-15-10-13(11-16(26-2)20(15)27-3)19(22)18-9-8-17(28-18)12-4-6-14(7-5-12)21(23)24/h4-11H,1-3H3. The molecule has 0 aliphatic heterocycles. The van der Waals surface area contributed by atoms with Crippen molar-refractivity contribution in [3.8, 4) is 27.7 Å². The summed E-state index contributed by atoms with van der Waals surface area (Å²) in [6.45, 7) is 0. The Morgan fingerprint density at radius 2 is 1.54 bits per heavy atom. The Morgan fingerprint density at radius 1 is 0.929 bits per heavy atom. The molecule has 0 atom stereocenters. The number of thiophene rings is 1. The second-order valence-electron chi connectivity index (χ2n) is 5.71. The largest absolute Gasteiger partial charge is 0.493 e. The van der Waals surface area contributed by atoms with Crippen LogP contribution in [0.4, 0.5) is 5.69 Å². The van der Waals surface area contributed by atoms with E-state index in [1.807, 2.05) is 6.07 Å². The number of nitro benzene ring substituents is 1. The van der Waals surface area contributed by atoms with Crippen molar-refractivity contribution in [2.24, 2.45) is 0 Å². The van der Waals surface area contributed by atoms with Gasteiger partial charge in [-0.1, -0.05) is 0 Å². The van der Waals surface area contributed by atoms with E-state index in [4.69, 9.17) is 14.2 Å². The first-order chi connectivity index (χ1) is 13.5. The summed E-state index contributed by atoms with van der Waals surface area (Å²) in [5, 5.41) is 10.8. The summed E-state index contributed by atoms with van der Waals surface area (Å²) < 4.78 is 15.9. The maximum atomic E-state index is 12.9. The van der Waals surface area contributed by atoms with E-state index in [1.54, 1.807) is 30.3 Å². The Hall–Kier alpha value is -3.39. The van der Waals surface area contributed by atoms with Crippen molar-refractivity contribution in [3.63, 3.8) is 0 Å². The Labute approximate surface area is 165 Å². The van der Waals surface area contributed by atoms with Crippen LogP contribution < -0.4 is 14.2 Å². The van der Waals surface area contributed by atoms with Gasteiger partial charge in [0.05, 0.1) is 31.1 Å². The number of benzene rings is 2. The summed E-state index contributed by atoms with van der Waals surface area (Å²) in [4.78, 5) is 24.6. The number of nitro groups is 1. The van der Waals surface area contributed by atoms with Gasteiger partial charge in [-0.15, -0.1) is 11.3 Å². The SMILES string of the molecule is COc1cc(C(=O)c2ccc(-c3ccc([N+](=O)[O-])cc3)s2)cc(OC)c1OC. The quantitative estimate of drug-likeness (QED) is 0.328. The molecule has 0 saturated heterocycles. The fourth-order valence-electron chi connectivity index (χ4n) is 2.72. The zero-order valence-corrected chi connectivity index (χ0v) is 16.2. The monoisotopic (exact) mass is 399 g/mol. The second kappa shape index (κ2) is 8.10. The van der Waals surface area contributed by atoms with Gasteiger partial charge in [0.25, 0.3) is 5.69 Å². The zero-order chi connectivity index (χ0) is 20.3. The molecule has 7 nitrogen and oxygen atoms in total. The van der Waals surface area contributed by atoms with Crippen molar-refractivity contribution >= 4 is 22.8 Å². The molecule has 1 aromatic heterocycles. The van der Waals surface area contributed by atoms with Gasteiger partial charge in [-0.05, 0) is 42.0 Å². The lowest BCUT2D eigenvalue weighted by molar-refractivity contribution is -0.384. The number of rotatable bonds is 7. The molecule has 0 spiro atoms. The van der Waals surface area contributed by atoms with Gasteiger partial charge in [-0.25, -0.2) is 0 Å². The van der Waals surface area contributed by atoms with Gasteiger partial charge in [0.1, 0.15) is 0 Å². The Kier molecular flexibility index (Phi) is 5.60. The summed E-state index contributed by atoms with van der Waals surface area (Å²) >= 11 is 1.31. The summed E-state index contributed by atoms with van der Waals surface area (Å²) in [5.41, 5.74) is 1.24. The Bertz CT molecular complexity index is 1000. The van der Waals surface area contributed by atoms with Crippen LogP contribution in [0.3, 0.4) is 0 Å². The maximum absolute atomic E-state index is 12.9. The molecular formula is C20H17NO6S. The summed E-state index contributed by atoms with van der Waals surface area (Å²) in [6, 6.07) is 13.0. The van der Waals surface area contributed by atoms with Gasteiger partial charge in [-0.2, -0.15) is 0 Å². The topological polar surface area (TPSA) is 87.9 Å². The first-order valence-corrected chi connectivity index (χ1v) is 8.99. The van der Waals surface area contributed by atoms with Crippen LogP contribution in [-0.2, 0) is 0 Å². The van der Waals surface area contributed by atoms with Crippen LogP contribution in [0.25, 0.3) is 10.4 Å². The Balaban J connectivity index is 1.93. The molecule has 28 heavy (non-hydrogen) atoms. The highest BCUT2D eigenvalue weighted by Gasteiger charge is 2.19. The van der Waals surface area contributed by atoms with E-state index in [9.17, 15) is 14.9 Å². The number of carbonyl (C=O) groups is 1. The number of methoxy groups -OCH3 is 3. The highest BCUT2D eigenvalue weighted by atomic mass is 32.1. The van der Waals surface area contributed by atoms with Crippen LogP contribution in [0.1, 0.15) is 15.2 Å². The second-order valence-corrected chi connectivity index (χ2v) is 6.79. The lowest BCUT2D eigenvalue weighted by Gasteiger charge is -2.13. The number of ether oxygens (including phenoxy) is 3. The molecule has 0 bridgehead atoms. The molecule has 0 amide bonds. The van der Waals surface area contributed by atoms with E-state index in [1.165, 1.54) is 44.8 Å². The van der Waals surface area contributed by atoms with Crippen LogP contribution in [0.15, 0.2) is 48.5 Å². The van der Waals surface area contributed by atoms with Crippen LogP contribution in [0.5, 0.6) is 17.2 Å². The molecule has 0 fully saturated rings. The van der Waals surface area contributed by atoms with E-state index in [0.717, 1.165) is 10.4 Å². The molecule has 0 radical (unpaired) electrons. The summed E-state index contributed by atoms with van der Waals surface area (Å²) in [7, 11) is 4.48. The molecule has 3 aromatic rings. The highest BCUT2D eigenvalue weighted by Crippen LogP contribution is 2.39. The van der Waals surface area contributed by atoms with Crippen molar-refractivity contribution in [2.75, 3.05) is 21.3 Å². The fraction of sp³-hybridized carbons (Fsp3) is 0.150. The van der Waals surface area contributed by atoms with E-state index in [0.29, 0.717) is 27.7 Å². The molecule has 2 aromatic carbocycles. The minimum absolute atomic E-state index is 0.0222. The Morgan fingerprint density at radius 3 is 2.04 bits per heavy atom. The maximum Gasteiger partial charge on any atom is 0.269 e. The van der Waals surface area contributed by atoms with Crippen LogP contribution in [-0.4, -0.2) is 32.0 Å². The average molecular weight is 399 g/mol. The predicted octanol–water partition coefficient (Wildman–Crippen LogP) is 4.58. The van der Waals surface area contributed by atoms with Crippen molar-refractivity contribution in [1.29, 1.82) is 0 Å². The minimum atomic E-state index is -0.447. The van der Waals surface area contributed by atoms with Gasteiger partial charge in [0.2, 0.25) is 11.5 Å². The first kappa shape index (κ1) is 19.4. The zero-order valence-electron chi connectivity index (χ0n) is 15.4. The van der Waals surface area contributed by atoms with Gasteiger partial charge in [0.15, 0.2) is 11.5 Å².